The molecule has 0 spiro atoms. The summed E-state index contributed by atoms with van der Waals surface area (Å²) in [5.74, 6) is -0.0316. The minimum absolute atomic E-state index is 0.0316. The lowest BCUT2D eigenvalue weighted by Gasteiger charge is -2.23. The van der Waals surface area contributed by atoms with E-state index in [-0.39, 0.29) is 12.0 Å². The van der Waals surface area contributed by atoms with Crippen LogP contribution in [0.2, 0.25) is 0 Å². The Bertz CT molecular complexity index is 330. The quantitative estimate of drug-likeness (QED) is 0.590. The molecule has 0 aromatic carbocycles. The lowest BCUT2D eigenvalue weighted by molar-refractivity contribution is -0.0724. The molecule has 1 aliphatic heterocycles. The molecular weight excluding hydrogens is 308 g/mol. The summed E-state index contributed by atoms with van der Waals surface area (Å²) in [6.45, 7) is 3.84. The summed E-state index contributed by atoms with van der Waals surface area (Å²) >= 11 is 9.42. The average molecular weight is 322 g/mol. The molecule has 1 rings (SSSR count). The van der Waals surface area contributed by atoms with Gasteiger partial charge in [-0.25, -0.2) is 4.18 Å². The van der Waals surface area contributed by atoms with E-state index in [0.717, 1.165) is 12.7 Å². The van der Waals surface area contributed by atoms with Crippen LogP contribution < -0.4 is 0 Å². The van der Waals surface area contributed by atoms with Gasteiger partial charge in [0.15, 0.2) is 3.78 Å². The van der Waals surface area contributed by atoms with Crippen molar-refractivity contribution in [1.82, 2.24) is 0 Å². The van der Waals surface area contributed by atoms with Crippen molar-refractivity contribution >= 4 is 37.6 Å². The Hall–Kier alpha value is 0.640. The number of alkyl halides is 2. The molecule has 1 saturated heterocycles. The predicted octanol–water partition coefficient (Wildman–Crippen LogP) is 2.06. The smallest absolute Gasteiger partial charge is 0.266 e. The Kier molecular flexibility index (Phi) is 4.10. The molecule has 0 aromatic rings. The maximum atomic E-state index is 11.0. The summed E-state index contributed by atoms with van der Waals surface area (Å²) in [5, 5.41) is 0. The third kappa shape index (κ3) is 3.06. The van der Waals surface area contributed by atoms with Gasteiger partial charge >= 0.3 is 0 Å². The molecule has 0 saturated carbocycles. The molecule has 1 heterocycles. The summed E-state index contributed by atoms with van der Waals surface area (Å²) in [6.07, 6.45) is 0.647. The van der Waals surface area contributed by atoms with Gasteiger partial charge in [0.05, 0.1) is 12.4 Å². The first-order valence-corrected chi connectivity index (χ1v) is 7.58. The van der Waals surface area contributed by atoms with Crippen molar-refractivity contribution < 1.29 is 17.3 Å². The fourth-order valence-corrected chi connectivity index (χ4v) is 2.95. The standard InChI is InChI=1S/C8H14BrClO4S/c1-4-6-5(2)8(9,10)7(13-6)14-15(3,11)12/h5-7H,4H2,1-3H3/t5-,6-,7?,8+/m1/s1. The van der Waals surface area contributed by atoms with Crippen LogP contribution in [0.15, 0.2) is 0 Å². The van der Waals surface area contributed by atoms with Gasteiger partial charge in [-0.2, -0.15) is 8.42 Å². The van der Waals surface area contributed by atoms with Crippen LogP contribution in [-0.2, 0) is 19.0 Å². The van der Waals surface area contributed by atoms with Crippen LogP contribution in [0.1, 0.15) is 20.3 Å². The fourth-order valence-electron chi connectivity index (χ4n) is 1.53. The van der Waals surface area contributed by atoms with E-state index in [4.69, 9.17) is 20.5 Å². The normalized spacial score (nSPS) is 42.1. The summed E-state index contributed by atoms with van der Waals surface area (Å²) in [6, 6.07) is 0. The van der Waals surface area contributed by atoms with E-state index in [9.17, 15) is 8.42 Å². The second-order valence-corrected chi connectivity index (χ2v) is 7.67. The zero-order valence-electron chi connectivity index (χ0n) is 8.74. The largest absolute Gasteiger partial charge is 0.345 e. The van der Waals surface area contributed by atoms with E-state index in [1.807, 2.05) is 13.8 Å². The number of hydrogen-bond donors (Lipinski definition) is 0. The van der Waals surface area contributed by atoms with Crippen molar-refractivity contribution in [1.29, 1.82) is 0 Å². The van der Waals surface area contributed by atoms with Gasteiger partial charge in [0.25, 0.3) is 10.1 Å². The Morgan fingerprint density at radius 3 is 2.47 bits per heavy atom. The van der Waals surface area contributed by atoms with E-state index >= 15 is 0 Å². The van der Waals surface area contributed by atoms with Crippen LogP contribution >= 0.6 is 27.5 Å². The highest BCUT2D eigenvalue weighted by atomic mass is 79.9. The van der Waals surface area contributed by atoms with Crippen LogP contribution in [0.4, 0.5) is 0 Å². The molecule has 15 heavy (non-hydrogen) atoms. The van der Waals surface area contributed by atoms with Crippen molar-refractivity contribution in [2.45, 2.75) is 36.4 Å². The molecule has 0 N–H and O–H groups in total. The van der Waals surface area contributed by atoms with Crippen LogP contribution in [0.5, 0.6) is 0 Å². The van der Waals surface area contributed by atoms with Crippen molar-refractivity contribution in [2.75, 3.05) is 6.26 Å². The molecule has 1 fully saturated rings. The Morgan fingerprint density at radius 1 is 1.60 bits per heavy atom. The second kappa shape index (κ2) is 4.49. The third-order valence-electron chi connectivity index (χ3n) is 2.44. The van der Waals surface area contributed by atoms with Gasteiger partial charge < -0.3 is 4.74 Å². The highest BCUT2D eigenvalue weighted by molar-refractivity contribution is 9.10. The minimum atomic E-state index is -3.57. The molecular formula is C8H14BrClO4S. The molecule has 4 atom stereocenters. The van der Waals surface area contributed by atoms with E-state index in [1.165, 1.54) is 0 Å². The van der Waals surface area contributed by atoms with Crippen LogP contribution in [0.3, 0.4) is 0 Å². The van der Waals surface area contributed by atoms with Gasteiger partial charge in [-0.3, -0.25) is 0 Å². The summed E-state index contributed by atoms with van der Waals surface area (Å²) in [4.78, 5) is 0. The molecule has 4 nitrogen and oxygen atoms in total. The first-order valence-electron chi connectivity index (χ1n) is 4.60. The van der Waals surface area contributed by atoms with Gasteiger partial charge in [0, 0.05) is 5.92 Å². The highest BCUT2D eigenvalue weighted by Crippen LogP contribution is 2.47. The zero-order valence-corrected chi connectivity index (χ0v) is 11.9. The van der Waals surface area contributed by atoms with Gasteiger partial charge in [-0.05, 0) is 6.42 Å². The Balaban J connectivity index is 2.84. The second-order valence-electron chi connectivity index (χ2n) is 3.68. The van der Waals surface area contributed by atoms with E-state index in [2.05, 4.69) is 15.9 Å². The molecule has 90 valence electrons. The van der Waals surface area contributed by atoms with Gasteiger partial charge in [0.1, 0.15) is 0 Å². The van der Waals surface area contributed by atoms with Gasteiger partial charge in [0.2, 0.25) is 6.29 Å². The first-order chi connectivity index (χ1) is 6.68. The monoisotopic (exact) mass is 320 g/mol. The summed E-state index contributed by atoms with van der Waals surface area (Å²) in [5.41, 5.74) is 0. The highest BCUT2D eigenvalue weighted by Gasteiger charge is 2.53. The fraction of sp³-hybridized carbons (Fsp3) is 1.00. The van der Waals surface area contributed by atoms with Crippen molar-refractivity contribution in [3.63, 3.8) is 0 Å². The molecule has 1 unspecified atom stereocenters. The van der Waals surface area contributed by atoms with E-state index < -0.39 is 20.2 Å². The van der Waals surface area contributed by atoms with E-state index in [0.29, 0.717) is 0 Å². The summed E-state index contributed by atoms with van der Waals surface area (Å²) in [7, 11) is -3.57. The van der Waals surface area contributed by atoms with Crippen LogP contribution in [0.25, 0.3) is 0 Å². The minimum Gasteiger partial charge on any atom is -0.345 e. The lowest BCUT2D eigenvalue weighted by atomic mass is 10.0. The number of hydrogen-bond acceptors (Lipinski definition) is 4. The zero-order chi connectivity index (χ0) is 11.9. The molecule has 7 heteroatoms. The number of ether oxygens (including phenoxy) is 1. The number of halogens is 2. The van der Waals surface area contributed by atoms with Crippen molar-refractivity contribution in [3.8, 4) is 0 Å². The predicted molar refractivity (Wildman–Crippen MR) is 61.6 cm³/mol. The number of rotatable bonds is 3. The van der Waals surface area contributed by atoms with Gasteiger partial charge in [-0.15, -0.1) is 11.6 Å². The average Bonchev–Trinajstić information content (AvgIpc) is 2.26. The molecule has 0 bridgehead atoms. The van der Waals surface area contributed by atoms with Crippen LogP contribution in [0, 0.1) is 5.92 Å². The van der Waals surface area contributed by atoms with E-state index in [1.54, 1.807) is 0 Å². The lowest BCUT2D eigenvalue weighted by Crippen LogP contribution is -2.34. The molecule has 0 radical (unpaired) electrons. The third-order valence-corrected chi connectivity index (χ3v) is 4.58. The SMILES string of the molecule is CC[C@H]1OC(OS(C)(=O)=O)[C@](Cl)(Br)[C@@H]1C. The van der Waals surface area contributed by atoms with Gasteiger partial charge in [-0.1, -0.05) is 29.8 Å². The van der Waals surface area contributed by atoms with Crippen molar-refractivity contribution in [3.05, 3.63) is 0 Å². The molecule has 0 aromatic heterocycles. The molecule has 0 aliphatic carbocycles. The maximum absolute atomic E-state index is 11.0. The summed E-state index contributed by atoms with van der Waals surface area (Å²) < 4.78 is 31.2. The Labute approximate surface area is 104 Å². The maximum Gasteiger partial charge on any atom is 0.266 e. The molecule has 1 aliphatic rings. The van der Waals surface area contributed by atoms with Crippen molar-refractivity contribution in [2.24, 2.45) is 5.92 Å². The first kappa shape index (κ1) is 13.7. The Morgan fingerprint density at radius 2 is 2.13 bits per heavy atom. The molecule has 0 amide bonds. The topological polar surface area (TPSA) is 52.6 Å². The van der Waals surface area contributed by atoms with Crippen LogP contribution in [-0.4, -0.2) is 30.9 Å².